The van der Waals surface area contributed by atoms with Crippen LogP contribution in [0, 0.1) is 19.8 Å². The second kappa shape index (κ2) is 6.40. The molecule has 1 unspecified atom stereocenters. The molecule has 0 fully saturated rings. The summed E-state index contributed by atoms with van der Waals surface area (Å²) in [6, 6.07) is 0. The van der Waals surface area contributed by atoms with Gasteiger partial charge in [0, 0.05) is 20.6 Å². The summed E-state index contributed by atoms with van der Waals surface area (Å²) in [5.74, 6) is -0.439. The van der Waals surface area contributed by atoms with Crippen molar-refractivity contribution in [3.63, 3.8) is 0 Å². The largest absolute Gasteiger partial charge is 0.396 e. The monoisotopic (exact) mass is 281 g/mol. The molecule has 1 heterocycles. The fourth-order valence-corrected chi connectivity index (χ4v) is 1.96. The molecule has 1 aromatic heterocycles. The third-order valence-electron chi connectivity index (χ3n) is 3.39. The van der Waals surface area contributed by atoms with E-state index < -0.39 is 0 Å². The number of hydrogen-bond donors (Lipinski definition) is 2. The number of nitrogens with zero attached hydrogens (tertiary/aromatic N) is 3. The summed E-state index contributed by atoms with van der Waals surface area (Å²) >= 11 is 0. The number of nitrogen functional groups attached to an aromatic ring is 1. The van der Waals surface area contributed by atoms with E-state index >= 15 is 0 Å². The Hall–Kier alpha value is -2.05. The highest BCUT2D eigenvalue weighted by Crippen LogP contribution is 2.14. The first-order chi connectivity index (χ1) is 9.27. The van der Waals surface area contributed by atoms with E-state index in [0.717, 1.165) is 11.4 Å². The van der Waals surface area contributed by atoms with Crippen molar-refractivity contribution in [1.29, 1.82) is 0 Å². The Morgan fingerprint density at radius 3 is 2.50 bits per heavy atom. The molecule has 0 spiro atoms. The quantitative estimate of drug-likeness (QED) is 0.789. The maximum Gasteiger partial charge on any atom is 0.244 e. The molecule has 0 aliphatic rings. The molecule has 1 aromatic rings. The lowest BCUT2D eigenvalue weighted by Gasteiger charge is -2.21. The Morgan fingerprint density at radius 1 is 1.45 bits per heavy atom. The lowest BCUT2D eigenvalue weighted by Crippen LogP contribution is -2.38. The SMILES string of the molecule is CNC(=O)C(C)CN(C)C(=O)Cn1nc(C)c(N)c1C. The van der Waals surface area contributed by atoms with Crippen LogP contribution in [0.25, 0.3) is 0 Å². The van der Waals surface area contributed by atoms with Gasteiger partial charge in [0.05, 0.1) is 23.0 Å². The molecule has 2 amide bonds. The summed E-state index contributed by atoms with van der Waals surface area (Å²) in [5.41, 5.74) is 7.94. The molecule has 7 nitrogen and oxygen atoms in total. The van der Waals surface area contributed by atoms with E-state index in [-0.39, 0.29) is 24.3 Å². The molecule has 1 rings (SSSR count). The van der Waals surface area contributed by atoms with E-state index in [9.17, 15) is 9.59 Å². The van der Waals surface area contributed by atoms with Gasteiger partial charge in [-0.15, -0.1) is 0 Å². The molecule has 112 valence electrons. The number of hydrogen-bond acceptors (Lipinski definition) is 4. The van der Waals surface area contributed by atoms with Gasteiger partial charge in [0.1, 0.15) is 6.54 Å². The summed E-state index contributed by atoms with van der Waals surface area (Å²) < 4.78 is 1.59. The molecule has 0 aliphatic heterocycles. The molecule has 3 N–H and O–H groups in total. The van der Waals surface area contributed by atoms with Gasteiger partial charge in [0.2, 0.25) is 11.8 Å². The molecular formula is C13H23N5O2. The summed E-state index contributed by atoms with van der Waals surface area (Å²) in [7, 11) is 3.26. The molecule has 0 aromatic carbocycles. The van der Waals surface area contributed by atoms with Crippen molar-refractivity contribution in [3.05, 3.63) is 11.4 Å². The van der Waals surface area contributed by atoms with Gasteiger partial charge < -0.3 is 16.0 Å². The lowest BCUT2D eigenvalue weighted by molar-refractivity contribution is -0.132. The van der Waals surface area contributed by atoms with E-state index in [1.807, 2.05) is 6.92 Å². The van der Waals surface area contributed by atoms with Gasteiger partial charge in [-0.05, 0) is 13.8 Å². The number of aryl methyl sites for hydroxylation is 1. The van der Waals surface area contributed by atoms with Gasteiger partial charge in [-0.25, -0.2) is 0 Å². The number of nitrogens with two attached hydrogens (primary N) is 1. The fraction of sp³-hybridized carbons (Fsp3) is 0.615. The number of likely N-dealkylation sites (N-methyl/N-ethyl adjacent to an activating group) is 1. The summed E-state index contributed by atoms with van der Waals surface area (Å²) in [5, 5.41) is 6.80. The number of rotatable bonds is 5. The molecule has 0 aliphatic carbocycles. The normalized spacial score (nSPS) is 12.1. The van der Waals surface area contributed by atoms with Crippen LogP contribution >= 0.6 is 0 Å². The number of nitrogens with one attached hydrogen (secondary N) is 1. The number of carbonyl (C=O) groups is 2. The van der Waals surface area contributed by atoms with Crippen LogP contribution in [0.2, 0.25) is 0 Å². The Bertz CT molecular complexity index is 509. The molecule has 20 heavy (non-hydrogen) atoms. The van der Waals surface area contributed by atoms with Crippen molar-refractivity contribution in [3.8, 4) is 0 Å². The van der Waals surface area contributed by atoms with E-state index in [0.29, 0.717) is 12.2 Å². The van der Waals surface area contributed by atoms with Gasteiger partial charge in [-0.1, -0.05) is 6.92 Å². The maximum absolute atomic E-state index is 12.1. The van der Waals surface area contributed by atoms with Crippen LogP contribution in [0.5, 0.6) is 0 Å². The van der Waals surface area contributed by atoms with Crippen LogP contribution in [0.3, 0.4) is 0 Å². The average molecular weight is 281 g/mol. The topological polar surface area (TPSA) is 93.2 Å². The number of aromatic nitrogens is 2. The first-order valence-electron chi connectivity index (χ1n) is 6.53. The van der Waals surface area contributed by atoms with Crippen LogP contribution < -0.4 is 11.1 Å². The third kappa shape index (κ3) is 3.49. The van der Waals surface area contributed by atoms with Crippen molar-refractivity contribution >= 4 is 17.5 Å². The predicted molar refractivity (Wildman–Crippen MR) is 77.0 cm³/mol. The number of carbonyl (C=O) groups excluding carboxylic acids is 2. The number of anilines is 1. The van der Waals surface area contributed by atoms with E-state index in [2.05, 4.69) is 10.4 Å². The summed E-state index contributed by atoms with van der Waals surface area (Å²) in [4.78, 5) is 25.1. The highest BCUT2D eigenvalue weighted by atomic mass is 16.2. The van der Waals surface area contributed by atoms with Gasteiger partial charge >= 0.3 is 0 Å². The van der Waals surface area contributed by atoms with E-state index in [4.69, 9.17) is 5.73 Å². The van der Waals surface area contributed by atoms with Crippen molar-refractivity contribution in [2.24, 2.45) is 5.92 Å². The zero-order chi connectivity index (χ0) is 15.4. The molecular weight excluding hydrogens is 258 g/mol. The fourth-order valence-electron chi connectivity index (χ4n) is 1.96. The minimum absolute atomic E-state index is 0.0833. The first kappa shape index (κ1) is 16.0. The van der Waals surface area contributed by atoms with Gasteiger partial charge in [0.25, 0.3) is 0 Å². The van der Waals surface area contributed by atoms with Crippen LogP contribution in [0.4, 0.5) is 5.69 Å². The van der Waals surface area contributed by atoms with Crippen LogP contribution in [0.15, 0.2) is 0 Å². The lowest BCUT2D eigenvalue weighted by atomic mass is 10.1. The molecule has 0 saturated carbocycles. The van der Waals surface area contributed by atoms with Crippen LogP contribution in [0.1, 0.15) is 18.3 Å². The van der Waals surface area contributed by atoms with Gasteiger partial charge in [-0.3, -0.25) is 14.3 Å². The second-order valence-electron chi connectivity index (χ2n) is 5.03. The minimum atomic E-state index is -0.250. The Kier molecular flexibility index (Phi) is 5.12. The smallest absolute Gasteiger partial charge is 0.244 e. The van der Waals surface area contributed by atoms with Gasteiger partial charge in [0.15, 0.2) is 0 Å². The average Bonchev–Trinajstić information content (AvgIpc) is 2.65. The van der Waals surface area contributed by atoms with Gasteiger partial charge in [-0.2, -0.15) is 5.10 Å². The molecule has 0 bridgehead atoms. The highest BCUT2D eigenvalue weighted by Gasteiger charge is 2.19. The van der Waals surface area contributed by atoms with Crippen LogP contribution in [-0.4, -0.2) is 47.1 Å². The van der Waals surface area contributed by atoms with Crippen molar-refractivity contribution in [1.82, 2.24) is 20.0 Å². The first-order valence-corrected chi connectivity index (χ1v) is 6.53. The van der Waals surface area contributed by atoms with Crippen molar-refractivity contribution < 1.29 is 9.59 Å². The molecule has 0 saturated heterocycles. The summed E-state index contributed by atoms with van der Waals surface area (Å²) in [6.45, 7) is 5.91. The zero-order valence-electron chi connectivity index (χ0n) is 12.7. The molecule has 0 radical (unpaired) electrons. The summed E-state index contributed by atoms with van der Waals surface area (Å²) in [6.07, 6.45) is 0. The maximum atomic E-state index is 12.1. The zero-order valence-corrected chi connectivity index (χ0v) is 12.7. The van der Waals surface area contributed by atoms with E-state index in [1.54, 1.807) is 32.6 Å². The number of amides is 2. The third-order valence-corrected chi connectivity index (χ3v) is 3.39. The van der Waals surface area contributed by atoms with E-state index in [1.165, 1.54) is 4.90 Å². The van der Waals surface area contributed by atoms with Crippen molar-refractivity contribution in [2.45, 2.75) is 27.3 Å². The highest BCUT2D eigenvalue weighted by molar-refractivity contribution is 5.80. The second-order valence-corrected chi connectivity index (χ2v) is 5.03. The molecule has 7 heteroatoms. The predicted octanol–water partition coefficient (Wildman–Crippen LogP) is -0.0774. The Balaban J connectivity index is 2.66. The standard InChI is InChI=1S/C13H23N5O2/c1-8(13(20)15-4)6-17(5)11(19)7-18-10(3)12(14)9(2)16-18/h8H,6-7,14H2,1-5H3,(H,15,20). The van der Waals surface area contributed by atoms with Crippen molar-refractivity contribution in [2.75, 3.05) is 26.4 Å². The Morgan fingerprint density at radius 2 is 2.05 bits per heavy atom. The minimum Gasteiger partial charge on any atom is -0.396 e. The Labute approximate surface area is 119 Å². The van der Waals surface area contributed by atoms with Crippen LogP contribution in [-0.2, 0) is 16.1 Å². The molecule has 1 atom stereocenters.